The number of fused-ring (bicyclic) bond motifs is 1. The second-order valence-corrected chi connectivity index (χ2v) is 7.47. The molecule has 0 N–H and O–H groups in total. The second kappa shape index (κ2) is 5.09. The fourth-order valence-corrected chi connectivity index (χ4v) is 4.56. The van der Waals surface area contributed by atoms with Crippen molar-refractivity contribution >= 4 is 23.6 Å². The molecule has 0 saturated carbocycles. The number of aryl methyl sites for hydroxylation is 1. The van der Waals surface area contributed by atoms with Gasteiger partial charge in [-0.15, -0.1) is 11.8 Å². The second-order valence-electron chi connectivity index (χ2n) is 5.97. The van der Waals surface area contributed by atoms with Gasteiger partial charge in [0.2, 0.25) is 11.8 Å². The molecule has 0 bridgehead atoms. The Hall–Kier alpha value is -1.43. The molecular weight excluding hydrogens is 288 g/mol. The molecule has 0 aliphatic carbocycles. The van der Waals surface area contributed by atoms with Gasteiger partial charge in [0.15, 0.2) is 0 Å². The van der Waals surface area contributed by atoms with Gasteiger partial charge in [0, 0.05) is 19.2 Å². The van der Waals surface area contributed by atoms with Crippen molar-refractivity contribution < 1.29 is 14.0 Å². The van der Waals surface area contributed by atoms with Crippen LogP contribution in [-0.2, 0) is 16.1 Å². The Morgan fingerprint density at radius 2 is 2.33 bits per heavy atom. The molecule has 2 aliphatic rings. The van der Waals surface area contributed by atoms with E-state index in [4.69, 9.17) is 4.42 Å². The predicted molar refractivity (Wildman–Crippen MR) is 80.7 cm³/mol. The number of furan rings is 1. The van der Waals surface area contributed by atoms with Crippen LogP contribution >= 0.6 is 11.8 Å². The molecule has 3 heterocycles. The zero-order valence-electron chi connectivity index (χ0n) is 12.6. The van der Waals surface area contributed by atoms with Crippen LogP contribution in [0.15, 0.2) is 16.5 Å². The smallest absolute Gasteiger partial charge is 0.246 e. The van der Waals surface area contributed by atoms with E-state index >= 15 is 0 Å². The van der Waals surface area contributed by atoms with Crippen molar-refractivity contribution in [3.05, 3.63) is 23.7 Å². The number of thioether (sulfide) groups is 1. The van der Waals surface area contributed by atoms with Crippen molar-refractivity contribution in [2.45, 2.75) is 44.1 Å². The van der Waals surface area contributed by atoms with Gasteiger partial charge in [-0.05, 0) is 32.4 Å². The summed E-state index contributed by atoms with van der Waals surface area (Å²) in [7, 11) is 1.76. The van der Waals surface area contributed by atoms with Gasteiger partial charge in [-0.2, -0.15) is 0 Å². The van der Waals surface area contributed by atoms with Crippen molar-refractivity contribution in [1.29, 1.82) is 0 Å². The summed E-state index contributed by atoms with van der Waals surface area (Å²) in [5.74, 6) is 2.38. The molecule has 5 nitrogen and oxygen atoms in total. The molecule has 0 unspecified atom stereocenters. The van der Waals surface area contributed by atoms with Crippen molar-refractivity contribution in [1.82, 2.24) is 9.80 Å². The first kappa shape index (κ1) is 14.5. The Bertz CT molecular complexity index is 585. The Kier molecular flexibility index (Phi) is 3.51. The molecule has 0 radical (unpaired) electrons. The van der Waals surface area contributed by atoms with Crippen LogP contribution in [0.5, 0.6) is 0 Å². The summed E-state index contributed by atoms with van der Waals surface area (Å²) in [6.45, 7) is 4.38. The summed E-state index contributed by atoms with van der Waals surface area (Å²) in [4.78, 5) is 28.0. The first-order valence-corrected chi connectivity index (χ1v) is 8.16. The van der Waals surface area contributed by atoms with Crippen molar-refractivity contribution in [3.8, 4) is 0 Å². The van der Waals surface area contributed by atoms with Gasteiger partial charge in [-0.1, -0.05) is 0 Å². The number of hydrogen-bond donors (Lipinski definition) is 0. The molecule has 6 heteroatoms. The first-order chi connectivity index (χ1) is 9.90. The molecule has 2 atom stereocenters. The highest BCUT2D eigenvalue weighted by Gasteiger charge is 2.53. The van der Waals surface area contributed by atoms with Crippen LogP contribution in [0, 0.1) is 6.92 Å². The summed E-state index contributed by atoms with van der Waals surface area (Å²) in [6.07, 6.45) is 1.38. The number of nitrogens with zero attached hydrogens (tertiary/aromatic N) is 2. The minimum absolute atomic E-state index is 0.00414. The number of rotatable bonds is 3. The first-order valence-electron chi connectivity index (χ1n) is 7.17. The summed E-state index contributed by atoms with van der Waals surface area (Å²) >= 11 is 1.72. The lowest BCUT2D eigenvalue weighted by molar-refractivity contribution is -0.143. The third kappa shape index (κ3) is 2.46. The fraction of sp³-hybridized carbons (Fsp3) is 0.600. The standard InChI is InChI=1S/C15H20N2O3S/c1-10-4-5-11(20-10)8-16(3)14(19)12-9-21-15(2)7-6-13(18)17(12)15/h4-5,12H,6-9H2,1-3H3/t12-,15-/m0/s1. The van der Waals surface area contributed by atoms with Crippen LogP contribution in [0.4, 0.5) is 0 Å². The van der Waals surface area contributed by atoms with Gasteiger partial charge >= 0.3 is 0 Å². The minimum atomic E-state index is -0.337. The van der Waals surface area contributed by atoms with Crippen LogP contribution in [0.1, 0.15) is 31.3 Å². The van der Waals surface area contributed by atoms with Crippen LogP contribution in [0.25, 0.3) is 0 Å². The molecular formula is C15H20N2O3S. The summed E-state index contributed by atoms with van der Waals surface area (Å²) in [5.41, 5.74) is 0. The van der Waals surface area contributed by atoms with Crippen LogP contribution in [0.3, 0.4) is 0 Å². The fourth-order valence-electron chi connectivity index (χ4n) is 3.14. The highest BCUT2D eigenvalue weighted by molar-refractivity contribution is 8.01. The van der Waals surface area contributed by atoms with Crippen molar-refractivity contribution in [2.75, 3.05) is 12.8 Å². The van der Waals surface area contributed by atoms with Crippen LogP contribution < -0.4 is 0 Å². The number of carbonyl (C=O) groups is 2. The van der Waals surface area contributed by atoms with Gasteiger partial charge in [0.25, 0.3) is 0 Å². The van der Waals surface area contributed by atoms with E-state index in [0.29, 0.717) is 18.7 Å². The molecule has 1 aromatic heterocycles. The van der Waals surface area contributed by atoms with Crippen molar-refractivity contribution in [3.63, 3.8) is 0 Å². The maximum Gasteiger partial charge on any atom is 0.246 e. The van der Waals surface area contributed by atoms with Gasteiger partial charge < -0.3 is 14.2 Å². The molecule has 0 spiro atoms. The van der Waals surface area contributed by atoms with Gasteiger partial charge in [-0.3, -0.25) is 9.59 Å². The molecule has 2 fully saturated rings. The van der Waals surface area contributed by atoms with Crippen LogP contribution in [-0.4, -0.2) is 45.3 Å². The van der Waals surface area contributed by atoms with Crippen molar-refractivity contribution in [2.24, 2.45) is 0 Å². The van der Waals surface area contributed by atoms with E-state index in [1.54, 1.807) is 28.6 Å². The Labute approximate surface area is 128 Å². The number of amides is 2. The quantitative estimate of drug-likeness (QED) is 0.857. The number of hydrogen-bond acceptors (Lipinski definition) is 4. The summed E-state index contributed by atoms with van der Waals surface area (Å²) < 4.78 is 5.51. The normalized spacial score (nSPS) is 28.0. The third-order valence-electron chi connectivity index (χ3n) is 4.30. The molecule has 21 heavy (non-hydrogen) atoms. The van der Waals surface area contributed by atoms with E-state index < -0.39 is 0 Å². The van der Waals surface area contributed by atoms with E-state index in [-0.39, 0.29) is 22.7 Å². The number of likely N-dealkylation sites (N-methyl/N-ethyl adjacent to an activating group) is 1. The lowest BCUT2D eigenvalue weighted by atomic mass is 10.2. The molecule has 114 valence electrons. The van der Waals surface area contributed by atoms with Gasteiger partial charge in [0.05, 0.1) is 11.4 Å². The molecule has 1 aromatic rings. The average molecular weight is 308 g/mol. The molecule has 3 rings (SSSR count). The highest BCUT2D eigenvalue weighted by atomic mass is 32.2. The van der Waals surface area contributed by atoms with Crippen LogP contribution in [0.2, 0.25) is 0 Å². The summed E-state index contributed by atoms with van der Waals surface area (Å²) in [6, 6.07) is 3.43. The molecule has 2 saturated heterocycles. The Morgan fingerprint density at radius 1 is 1.57 bits per heavy atom. The lowest BCUT2D eigenvalue weighted by Crippen LogP contribution is -2.50. The minimum Gasteiger partial charge on any atom is -0.464 e. The number of carbonyl (C=O) groups excluding carboxylic acids is 2. The highest BCUT2D eigenvalue weighted by Crippen LogP contribution is 2.47. The topological polar surface area (TPSA) is 53.8 Å². The average Bonchev–Trinajstić information content (AvgIpc) is 3.06. The Morgan fingerprint density at radius 3 is 3.00 bits per heavy atom. The molecule has 2 amide bonds. The Balaban J connectivity index is 1.71. The molecule has 0 aromatic carbocycles. The third-order valence-corrected chi connectivity index (χ3v) is 5.80. The SMILES string of the molecule is Cc1ccc(CN(C)C(=O)[C@@H]2CS[C@@]3(C)CCC(=O)N23)o1. The van der Waals surface area contributed by atoms with E-state index in [2.05, 4.69) is 6.92 Å². The zero-order valence-corrected chi connectivity index (χ0v) is 13.4. The maximum absolute atomic E-state index is 12.7. The van der Waals surface area contributed by atoms with Gasteiger partial charge in [0.1, 0.15) is 17.6 Å². The summed E-state index contributed by atoms with van der Waals surface area (Å²) in [5, 5.41) is 0. The van der Waals surface area contributed by atoms with E-state index in [0.717, 1.165) is 17.9 Å². The monoisotopic (exact) mass is 308 g/mol. The maximum atomic E-state index is 12.7. The van der Waals surface area contributed by atoms with Gasteiger partial charge in [-0.25, -0.2) is 0 Å². The largest absolute Gasteiger partial charge is 0.464 e. The molecule has 2 aliphatic heterocycles. The van der Waals surface area contributed by atoms with E-state index in [1.807, 2.05) is 19.1 Å². The van der Waals surface area contributed by atoms with E-state index in [9.17, 15) is 9.59 Å². The predicted octanol–water partition coefficient (Wildman–Crippen LogP) is 2.00. The van der Waals surface area contributed by atoms with E-state index in [1.165, 1.54) is 0 Å². The zero-order chi connectivity index (χ0) is 15.2. The lowest BCUT2D eigenvalue weighted by Gasteiger charge is -2.31.